The molecular weight excluding hydrogens is 166 g/mol. The molecule has 0 aromatic rings. The van der Waals surface area contributed by atoms with Crippen LogP contribution in [0.25, 0.3) is 0 Å². The van der Waals surface area contributed by atoms with Crippen LogP contribution in [0.15, 0.2) is 0 Å². The molecule has 0 amide bonds. The third-order valence-corrected chi connectivity index (χ3v) is 3.02. The van der Waals surface area contributed by atoms with Gasteiger partial charge in [-0.05, 0) is 6.42 Å². The Balaban J connectivity index is 2.55. The third kappa shape index (κ3) is 2.42. The van der Waals surface area contributed by atoms with Crippen LogP contribution in [0.5, 0.6) is 0 Å². The summed E-state index contributed by atoms with van der Waals surface area (Å²) in [7, 11) is 1.76. The molecule has 3 heteroatoms. The maximum Gasteiger partial charge on any atom is 0.0872 e. The highest BCUT2D eigenvalue weighted by molar-refractivity contribution is 4.92. The Kier molecular flexibility index (Phi) is 4.16. The normalized spacial score (nSPS) is 24.2. The molecule has 0 saturated carbocycles. The number of nitrogens with two attached hydrogens (primary N) is 1. The Hall–Kier alpha value is -0.120. The van der Waals surface area contributed by atoms with Crippen LogP contribution in [-0.2, 0) is 9.47 Å². The zero-order chi connectivity index (χ0) is 9.73. The lowest BCUT2D eigenvalue weighted by Crippen LogP contribution is -2.52. The van der Waals surface area contributed by atoms with Crippen LogP contribution < -0.4 is 5.73 Å². The van der Waals surface area contributed by atoms with Gasteiger partial charge in [0.2, 0.25) is 0 Å². The summed E-state index contributed by atoms with van der Waals surface area (Å²) in [5, 5.41) is 0. The Morgan fingerprint density at radius 1 is 1.46 bits per heavy atom. The second-order valence-corrected chi connectivity index (χ2v) is 3.78. The van der Waals surface area contributed by atoms with Crippen molar-refractivity contribution < 1.29 is 9.47 Å². The molecule has 13 heavy (non-hydrogen) atoms. The number of hydrogen-bond acceptors (Lipinski definition) is 3. The van der Waals surface area contributed by atoms with Crippen LogP contribution >= 0.6 is 0 Å². The van der Waals surface area contributed by atoms with Gasteiger partial charge in [-0.25, -0.2) is 0 Å². The van der Waals surface area contributed by atoms with Gasteiger partial charge in [0.15, 0.2) is 0 Å². The zero-order valence-electron chi connectivity index (χ0n) is 8.71. The monoisotopic (exact) mass is 187 g/mol. The van der Waals surface area contributed by atoms with Gasteiger partial charge in [0.25, 0.3) is 0 Å². The van der Waals surface area contributed by atoms with Crippen molar-refractivity contribution in [3.05, 3.63) is 0 Å². The zero-order valence-corrected chi connectivity index (χ0v) is 8.71. The Morgan fingerprint density at radius 3 is 2.54 bits per heavy atom. The maximum atomic E-state index is 6.12. The highest BCUT2D eigenvalue weighted by atomic mass is 16.5. The maximum absolute atomic E-state index is 6.12. The quantitative estimate of drug-likeness (QED) is 0.721. The minimum absolute atomic E-state index is 0.117. The fourth-order valence-electron chi connectivity index (χ4n) is 2.02. The van der Waals surface area contributed by atoms with Gasteiger partial charge in [0.05, 0.1) is 5.60 Å². The van der Waals surface area contributed by atoms with Crippen molar-refractivity contribution in [2.45, 2.75) is 44.2 Å². The van der Waals surface area contributed by atoms with Gasteiger partial charge in [-0.1, -0.05) is 13.3 Å². The number of rotatable bonds is 4. The Labute approximate surface area is 80.6 Å². The Bertz CT molecular complexity index is 144. The van der Waals surface area contributed by atoms with Gasteiger partial charge >= 0.3 is 0 Å². The second-order valence-electron chi connectivity index (χ2n) is 3.78. The number of ether oxygens (including phenoxy) is 2. The lowest BCUT2D eigenvalue weighted by atomic mass is 9.84. The summed E-state index contributed by atoms with van der Waals surface area (Å²) < 4.78 is 10.9. The summed E-state index contributed by atoms with van der Waals surface area (Å²) in [4.78, 5) is 0. The number of methoxy groups -OCH3 is 1. The molecule has 0 radical (unpaired) electrons. The van der Waals surface area contributed by atoms with E-state index in [0.29, 0.717) is 0 Å². The van der Waals surface area contributed by atoms with E-state index in [4.69, 9.17) is 15.2 Å². The van der Waals surface area contributed by atoms with Crippen LogP contribution in [-0.4, -0.2) is 32.0 Å². The topological polar surface area (TPSA) is 44.5 Å². The molecule has 1 fully saturated rings. The van der Waals surface area contributed by atoms with E-state index < -0.39 is 0 Å². The predicted octanol–water partition coefficient (Wildman–Crippen LogP) is 1.31. The molecule has 0 bridgehead atoms. The van der Waals surface area contributed by atoms with Crippen molar-refractivity contribution in [3.63, 3.8) is 0 Å². The molecule has 3 nitrogen and oxygen atoms in total. The summed E-state index contributed by atoms with van der Waals surface area (Å²) in [6, 6.07) is 0.159. The van der Waals surface area contributed by atoms with Gasteiger partial charge in [0, 0.05) is 39.2 Å². The van der Waals surface area contributed by atoms with E-state index in [9.17, 15) is 0 Å². The molecule has 2 N–H and O–H groups in total. The van der Waals surface area contributed by atoms with Crippen LogP contribution in [0, 0.1) is 0 Å². The first-order chi connectivity index (χ1) is 6.25. The SMILES string of the molecule is CCCC(N)C1(OC)CCOCC1. The molecule has 78 valence electrons. The molecular formula is C10H21NO2. The summed E-state index contributed by atoms with van der Waals surface area (Å²) in [5.41, 5.74) is 6.01. The van der Waals surface area contributed by atoms with Crippen molar-refractivity contribution in [2.24, 2.45) is 5.73 Å². The van der Waals surface area contributed by atoms with Crippen LogP contribution in [0.1, 0.15) is 32.6 Å². The molecule has 1 atom stereocenters. The molecule has 1 unspecified atom stereocenters. The minimum Gasteiger partial charge on any atom is -0.381 e. The molecule has 0 aromatic heterocycles. The fourth-order valence-corrected chi connectivity index (χ4v) is 2.02. The first-order valence-electron chi connectivity index (χ1n) is 5.13. The van der Waals surface area contributed by atoms with E-state index >= 15 is 0 Å². The summed E-state index contributed by atoms with van der Waals surface area (Å²) >= 11 is 0. The van der Waals surface area contributed by atoms with Crippen molar-refractivity contribution in [2.75, 3.05) is 20.3 Å². The molecule has 1 aliphatic rings. The molecule has 1 saturated heterocycles. The van der Waals surface area contributed by atoms with E-state index in [1.807, 2.05) is 0 Å². The van der Waals surface area contributed by atoms with Gasteiger partial charge in [-0.15, -0.1) is 0 Å². The summed E-state index contributed by atoms with van der Waals surface area (Å²) in [5.74, 6) is 0. The van der Waals surface area contributed by atoms with Crippen molar-refractivity contribution in [1.29, 1.82) is 0 Å². The molecule has 0 aromatic carbocycles. The lowest BCUT2D eigenvalue weighted by molar-refractivity contribution is -0.105. The number of hydrogen-bond donors (Lipinski definition) is 1. The fraction of sp³-hybridized carbons (Fsp3) is 1.00. The average molecular weight is 187 g/mol. The van der Waals surface area contributed by atoms with E-state index in [1.165, 1.54) is 0 Å². The largest absolute Gasteiger partial charge is 0.381 e. The minimum atomic E-state index is -0.117. The van der Waals surface area contributed by atoms with E-state index in [2.05, 4.69) is 6.92 Å². The van der Waals surface area contributed by atoms with E-state index in [-0.39, 0.29) is 11.6 Å². The van der Waals surface area contributed by atoms with Crippen molar-refractivity contribution >= 4 is 0 Å². The van der Waals surface area contributed by atoms with Crippen molar-refractivity contribution in [3.8, 4) is 0 Å². The highest BCUT2D eigenvalue weighted by Gasteiger charge is 2.37. The van der Waals surface area contributed by atoms with Gasteiger partial charge in [-0.3, -0.25) is 0 Å². The van der Waals surface area contributed by atoms with Crippen LogP contribution in [0.2, 0.25) is 0 Å². The summed E-state index contributed by atoms with van der Waals surface area (Å²) in [6.45, 7) is 3.72. The third-order valence-electron chi connectivity index (χ3n) is 3.02. The Morgan fingerprint density at radius 2 is 2.08 bits per heavy atom. The van der Waals surface area contributed by atoms with Crippen molar-refractivity contribution in [1.82, 2.24) is 0 Å². The molecule has 1 heterocycles. The molecule has 1 rings (SSSR count). The standard InChI is InChI=1S/C10H21NO2/c1-3-4-9(11)10(12-2)5-7-13-8-6-10/h9H,3-8,11H2,1-2H3. The lowest BCUT2D eigenvalue weighted by Gasteiger charge is -2.40. The predicted molar refractivity (Wildman–Crippen MR) is 52.7 cm³/mol. The smallest absolute Gasteiger partial charge is 0.0872 e. The molecule has 0 aliphatic carbocycles. The van der Waals surface area contributed by atoms with Gasteiger partial charge < -0.3 is 15.2 Å². The van der Waals surface area contributed by atoms with Crippen LogP contribution in [0.4, 0.5) is 0 Å². The first-order valence-corrected chi connectivity index (χ1v) is 5.13. The molecule has 1 aliphatic heterocycles. The second kappa shape index (κ2) is 4.94. The van der Waals surface area contributed by atoms with Gasteiger partial charge in [0.1, 0.15) is 0 Å². The van der Waals surface area contributed by atoms with E-state index in [1.54, 1.807) is 7.11 Å². The first kappa shape index (κ1) is 11.0. The summed E-state index contributed by atoms with van der Waals surface area (Å²) in [6.07, 6.45) is 4.02. The van der Waals surface area contributed by atoms with Gasteiger partial charge in [-0.2, -0.15) is 0 Å². The average Bonchev–Trinajstić information content (AvgIpc) is 2.19. The highest BCUT2D eigenvalue weighted by Crippen LogP contribution is 2.29. The van der Waals surface area contributed by atoms with E-state index in [0.717, 1.165) is 38.9 Å². The molecule has 0 spiro atoms. The van der Waals surface area contributed by atoms with Crippen LogP contribution in [0.3, 0.4) is 0 Å².